The van der Waals surface area contributed by atoms with Crippen molar-refractivity contribution in [3.8, 4) is 22.2 Å². The van der Waals surface area contributed by atoms with Crippen LogP contribution in [-0.2, 0) is 24.4 Å². The van der Waals surface area contributed by atoms with E-state index in [-0.39, 0.29) is 24.7 Å². The lowest BCUT2D eigenvalue weighted by Crippen LogP contribution is -2.54. The number of carbonyl (C=O) groups excluding carboxylic acids is 3. The van der Waals surface area contributed by atoms with Crippen molar-refractivity contribution < 1.29 is 32.3 Å². The van der Waals surface area contributed by atoms with Gasteiger partial charge in [-0.2, -0.15) is 0 Å². The Hall–Kier alpha value is -4.04. The Kier molecular flexibility index (Phi) is 8.89. The summed E-state index contributed by atoms with van der Waals surface area (Å²) in [5, 5.41) is 5.74. The lowest BCUT2D eigenvalue weighted by atomic mass is 9.93. The molecule has 1 aliphatic heterocycles. The smallest absolute Gasteiger partial charge is 0.259 e. The molecule has 0 bridgehead atoms. The van der Waals surface area contributed by atoms with E-state index in [0.717, 1.165) is 35.2 Å². The average Bonchev–Trinajstić information content (AvgIpc) is 3.94. The molecule has 3 saturated carbocycles. The number of nitrogens with zero attached hydrogens (tertiary/aromatic N) is 3. The molecule has 3 heterocycles. The topological polar surface area (TPSA) is 157 Å². The number of aromatic nitrogens is 2. The fraction of sp³-hybridized carbons (Fsp3) is 0.514. The first-order chi connectivity index (χ1) is 23.5. The second-order valence-electron chi connectivity index (χ2n) is 13.7. The summed E-state index contributed by atoms with van der Waals surface area (Å²) >= 11 is 1.46. The zero-order chi connectivity index (χ0) is 34.5. The molecule has 0 spiro atoms. The Balaban J connectivity index is 1.20. The molecule has 12 nitrogen and oxygen atoms in total. The third-order valence-corrected chi connectivity index (χ3v) is 12.9. The van der Waals surface area contributed by atoms with E-state index >= 15 is 0 Å². The third kappa shape index (κ3) is 6.52. The van der Waals surface area contributed by atoms with Crippen LogP contribution in [0.25, 0.3) is 21.6 Å². The molecular formula is C35H41N5O7S2. The first kappa shape index (κ1) is 33.5. The molecular weight excluding hydrogens is 667 g/mol. The molecule has 49 heavy (non-hydrogen) atoms. The molecule has 2 aromatic heterocycles. The molecule has 7 rings (SSSR count). The number of ether oxygens (including phenoxy) is 2. The van der Waals surface area contributed by atoms with Gasteiger partial charge in [-0.1, -0.05) is 12.2 Å². The molecule has 2 N–H and O–H groups in total. The highest BCUT2D eigenvalue weighted by molar-refractivity contribution is 7.91. The number of amides is 3. The standard InChI is InChI=1S/C35H41N5O7S2/c1-20-28(46-3)12-11-24-29(18-27(37-30(20)24)32-36-13-15-48-32)47-22-16-25-26(17-22)33(42)40(2)14-7-5-4-6-8-21-19-35(21,38-31(25)41)34(43)39-49(44,45)23-9-10-23/h6,8,11-13,15,18,21-23,25-26H,4-5,7,9-10,14,16-17,19H2,1-3H3,(H,38,41)(H,39,43)/b8-6-/t21-,22+,25+,26+,35+/m0/s1. The van der Waals surface area contributed by atoms with E-state index in [1.165, 1.54) is 11.3 Å². The quantitative estimate of drug-likeness (QED) is 0.345. The molecule has 260 valence electrons. The van der Waals surface area contributed by atoms with Crippen molar-refractivity contribution in [3.63, 3.8) is 0 Å². The van der Waals surface area contributed by atoms with Crippen LogP contribution in [0.1, 0.15) is 56.9 Å². The van der Waals surface area contributed by atoms with Crippen molar-refractivity contribution in [2.75, 3.05) is 20.7 Å². The molecule has 4 aliphatic rings. The number of hydrogen-bond donors (Lipinski definition) is 2. The van der Waals surface area contributed by atoms with E-state index in [2.05, 4.69) is 15.0 Å². The minimum atomic E-state index is -3.82. The van der Waals surface area contributed by atoms with Gasteiger partial charge in [0.15, 0.2) is 0 Å². The highest BCUT2D eigenvalue weighted by Gasteiger charge is 2.62. The van der Waals surface area contributed by atoms with Crippen molar-refractivity contribution in [1.82, 2.24) is 24.9 Å². The Bertz CT molecular complexity index is 1930. The fourth-order valence-electron chi connectivity index (χ4n) is 7.23. The van der Waals surface area contributed by atoms with E-state index in [1.54, 1.807) is 25.3 Å². The van der Waals surface area contributed by atoms with Crippen LogP contribution in [0.2, 0.25) is 0 Å². The Morgan fingerprint density at radius 1 is 1.14 bits per heavy atom. The van der Waals surface area contributed by atoms with Gasteiger partial charge < -0.3 is 19.7 Å². The number of nitrogens with one attached hydrogen (secondary N) is 2. The van der Waals surface area contributed by atoms with Gasteiger partial charge in [-0.15, -0.1) is 11.3 Å². The molecule has 0 unspecified atom stereocenters. The van der Waals surface area contributed by atoms with Gasteiger partial charge in [-0.05, 0) is 70.4 Å². The van der Waals surface area contributed by atoms with Crippen molar-refractivity contribution in [1.29, 1.82) is 0 Å². The van der Waals surface area contributed by atoms with E-state index in [1.807, 2.05) is 42.7 Å². The van der Waals surface area contributed by atoms with Crippen LogP contribution in [0.3, 0.4) is 0 Å². The van der Waals surface area contributed by atoms with Crippen molar-refractivity contribution in [2.24, 2.45) is 17.8 Å². The summed E-state index contributed by atoms with van der Waals surface area (Å²) in [6, 6.07) is 5.60. The van der Waals surface area contributed by atoms with Gasteiger partial charge in [0.1, 0.15) is 33.8 Å². The lowest BCUT2D eigenvalue weighted by Gasteiger charge is -2.26. The molecule has 5 atom stereocenters. The summed E-state index contributed by atoms with van der Waals surface area (Å²) in [7, 11) is -0.452. The molecule has 0 saturated heterocycles. The summed E-state index contributed by atoms with van der Waals surface area (Å²) in [4.78, 5) is 52.7. The molecule has 0 radical (unpaired) electrons. The Labute approximate surface area is 289 Å². The molecule has 1 aromatic carbocycles. The van der Waals surface area contributed by atoms with Gasteiger partial charge in [0.05, 0.1) is 29.7 Å². The maximum Gasteiger partial charge on any atom is 0.259 e. The van der Waals surface area contributed by atoms with Gasteiger partial charge in [-0.3, -0.25) is 19.1 Å². The first-order valence-electron chi connectivity index (χ1n) is 16.9. The minimum absolute atomic E-state index is 0.148. The van der Waals surface area contributed by atoms with Crippen LogP contribution < -0.4 is 19.5 Å². The Morgan fingerprint density at radius 3 is 2.67 bits per heavy atom. The number of hydrogen-bond acceptors (Lipinski definition) is 10. The average molecular weight is 708 g/mol. The molecule has 3 aliphatic carbocycles. The number of rotatable bonds is 7. The second kappa shape index (κ2) is 13.0. The number of carbonyl (C=O) groups is 3. The fourth-order valence-corrected chi connectivity index (χ4v) is 9.19. The van der Waals surface area contributed by atoms with Gasteiger partial charge >= 0.3 is 0 Å². The maximum atomic E-state index is 14.2. The number of methoxy groups -OCH3 is 1. The normalized spacial score (nSPS) is 28.2. The van der Waals surface area contributed by atoms with Crippen LogP contribution in [0.15, 0.2) is 41.9 Å². The first-order valence-corrected chi connectivity index (χ1v) is 19.3. The number of sulfonamides is 1. The summed E-state index contributed by atoms with van der Waals surface area (Å²) in [5.74, 6) is -1.88. The van der Waals surface area contributed by atoms with E-state index in [9.17, 15) is 22.8 Å². The SMILES string of the molecule is COc1ccc2c(O[C@@H]3C[C@H]4C(=O)N[C@]5(C(=O)NS(=O)(=O)C6CC6)C[C@@H]5/C=C\CCCCN(C)C(=O)[C@@H]4C3)cc(-c3nccs3)nc2c1C. The van der Waals surface area contributed by atoms with Gasteiger partial charge in [0.25, 0.3) is 5.91 Å². The number of thiazole rings is 1. The number of fused-ring (bicyclic) bond motifs is 3. The molecule has 3 fully saturated rings. The molecule has 14 heteroatoms. The highest BCUT2D eigenvalue weighted by atomic mass is 32.2. The van der Waals surface area contributed by atoms with Crippen molar-refractivity contribution in [3.05, 3.63) is 47.5 Å². The summed E-state index contributed by atoms with van der Waals surface area (Å²) < 4.78 is 40.0. The number of aryl methyl sites for hydroxylation is 1. The summed E-state index contributed by atoms with van der Waals surface area (Å²) in [6.45, 7) is 2.49. The lowest BCUT2D eigenvalue weighted by molar-refractivity contribution is -0.140. The predicted octanol–water partition coefficient (Wildman–Crippen LogP) is 4.13. The van der Waals surface area contributed by atoms with Crippen LogP contribution in [0.5, 0.6) is 11.5 Å². The second-order valence-corrected chi connectivity index (χ2v) is 16.5. The predicted molar refractivity (Wildman–Crippen MR) is 184 cm³/mol. The summed E-state index contributed by atoms with van der Waals surface area (Å²) in [6.07, 6.45) is 9.34. The van der Waals surface area contributed by atoms with Crippen molar-refractivity contribution in [2.45, 2.75) is 75.2 Å². The van der Waals surface area contributed by atoms with Gasteiger partial charge in [0.2, 0.25) is 21.8 Å². The monoisotopic (exact) mass is 707 g/mol. The highest BCUT2D eigenvalue weighted by Crippen LogP contribution is 2.47. The largest absolute Gasteiger partial charge is 0.496 e. The number of allylic oxidation sites excluding steroid dienone is 1. The number of pyridine rings is 1. The zero-order valence-corrected chi connectivity index (χ0v) is 29.4. The molecule has 3 aromatic rings. The molecule has 3 amide bonds. The van der Waals surface area contributed by atoms with Crippen LogP contribution >= 0.6 is 11.3 Å². The van der Waals surface area contributed by atoms with Gasteiger partial charge in [-0.25, -0.2) is 18.4 Å². The maximum absolute atomic E-state index is 14.2. The van der Waals surface area contributed by atoms with Gasteiger partial charge in [0, 0.05) is 48.1 Å². The van der Waals surface area contributed by atoms with E-state index in [4.69, 9.17) is 14.5 Å². The Morgan fingerprint density at radius 2 is 1.94 bits per heavy atom. The van der Waals surface area contributed by atoms with E-state index < -0.39 is 50.6 Å². The number of benzene rings is 1. The van der Waals surface area contributed by atoms with Crippen LogP contribution in [0, 0.1) is 24.7 Å². The van der Waals surface area contributed by atoms with E-state index in [0.29, 0.717) is 48.5 Å². The summed E-state index contributed by atoms with van der Waals surface area (Å²) in [5.41, 5.74) is 0.799. The van der Waals surface area contributed by atoms with Crippen molar-refractivity contribution >= 4 is 50.0 Å². The minimum Gasteiger partial charge on any atom is -0.496 e. The third-order valence-electron chi connectivity index (χ3n) is 10.3. The zero-order valence-electron chi connectivity index (χ0n) is 27.8. The van der Waals surface area contributed by atoms with Crippen LogP contribution in [-0.4, -0.2) is 78.6 Å². The van der Waals surface area contributed by atoms with Crippen LogP contribution in [0.4, 0.5) is 0 Å².